The van der Waals surface area contributed by atoms with Crippen molar-refractivity contribution in [1.82, 2.24) is 4.90 Å². The van der Waals surface area contributed by atoms with Crippen molar-refractivity contribution >= 4 is 27.6 Å². The zero-order valence-corrected chi connectivity index (χ0v) is 16.2. The molecule has 0 radical (unpaired) electrons. The molecule has 2 heterocycles. The Morgan fingerprint density at radius 3 is 2.48 bits per heavy atom. The summed E-state index contributed by atoms with van der Waals surface area (Å²) in [6.45, 7) is 1.63. The smallest absolute Gasteiger partial charge is 0.307 e. The quantitative estimate of drug-likeness (QED) is 0.845. The lowest BCUT2D eigenvalue weighted by Gasteiger charge is -2.33. The molecule has 4 rings (SSSR count). The first-order valence-electron chi connectivity index (χ1n) is 9.34. The normalized spacial score (nSPS) is 23.8. The molecule has 1 saturated heterocycles. The topological polar surface area (TPSA) is 95.0 Å². The third-order valence-electron chi connectivity index (χ3n) is 6.34. The van der Waals surface area contributed by atoms with Crippen molar-refractivity contribution in [2.24, 2.45) is 11.3 Å². The summed E-state index contributed by atoms with van der Waals surface area (Å²) < 4.78 is 25.3. The number of nitrogens with zero attached hydrogens (tertiary/aromatic N) is 2. The molecule has 1 aliphatic carbocycles. The van der Waals surface area contributed by atoms with E-state index in [-0.39, 0.29) is 17.2 Å². The first-order chi connectivity index (χ1) is 12.7. The fraction of sp³-hybridized carbons (Fsp3) is 0.579. The predicted octanol–water partition coefficient (Wildman–Crippen LogP) is 1.73. The van der Waals surface area contributed by atoms with Gasteiger partial charge in [0.05, 0.1) is 17.9 Å². The van der Waals surface area contributed by atoms with Crippen molar-refractivity contribution in [3.8, 4) is 0 Å². The molecule has 1 unspecified atom stereocenters. The van der Waals surface area contributed by atoms with Gasteiger partial charge in [0.2, 0.25) is 10.0 Å². The van der Waals surface area contributed by atoms with Crippen LogP contribution in [-0.2, 0) is 21.2 Å². The Kier molecular flexibility index (Phi) is 4.21. The number of amides is 1. The van der Waals surface area contributed by atoms with Gasteiger partial charge in [0.1, 0.15) is 0 Å². The number of aliphatic carboxylic acids is 1. The van der Waals surface area contributed by atoms with Crippen molar-refractivity contribution in [3.63, 3.8) is 0 Å². The Balaban J connectivity index is 1.49. The van der Waals surface area contributed by atoms with E-state index in [0.717, 1.165) is 37.7 Å². The Labute approximate surface area is 159 Å². The SMILES string of the molecule is CS(=O)(=O)N1CCCc2cc(C(=O)N3CCC4(CC3)CC4C(=O)O)ccc21. The van der Waals surface area contributed by atoms with Crippen LogP contribution >= 0.6 is 0 Å². The van der Waals surface area contributed by atoms with Crippen LogP contribution in [0.4, 0.5) is 5.69 Å². The molecule has 7 nitrogen and oxygen atoms in total. The standard InChI is InChI=1S/C19H24N2O5S/c1-27(25,26)21-8-2-3-13-11-14(4-5-16(13)21)17(22)20-9-6-19(7-10-20)12-15(19)18(23)24/h4-5,11,15H,2-3,6-10,12H2,1H3,(H,23,24). The average molecular weight is 392 g/mol. The molecular formula is C19H24N2O5S. The van der Waals surface area contributed by atoms with Crippen LogP contribution in [0.5, 0.6) is 0 Å². The van der Waals surface area contributed by atoms with Gasteiger partial charge in [-0.2, -0.15) is 0 Å². The maximum absolute atomic E-state index is 12.9. The van der Waals surface area contributed by atoms with Crippen molar-refractivity contribution in [2.45, 2.75) is 32.1 Å². The number of aryl methyl sites for hydroxylation is 1. The van der Waals surface area contributed by atoms with E-state index in [9.17, 15) is 23.1 Å². The largest absolute Gasteiger partial charge is 0.481 e. The fourth-order valence-corrected chi connectivity index (χ4v) is 5.62. The number of anilines is 1. The number of hydrogen-bond acceptors (Lipinski definition) is 4. The minimum Gasteiger partial charge on any atom is -0.481 e. The molecule has 1 N–H and O–H groups in total. The van der Waals surface area contributed by atoms with Gasteiger partial charge in [-0.05, 0) is 61.3 Å². The number of hydrogen-bond donors (Lipinski definition) is 1. The van der Waals surface area contributed by atoms with Crippen LogP contribution in [0.25, 0.3) is 0 Å². The van der Waals surface area contributed by atoms with Crippen molar-refractivity contribution < 1.29 is 23.1 Å². The molecule has 146 valence electrons. The number of carbonyl (C=O) groups is 2. The van der Waals surface area contributed by atoms with E-state index in [1.165, 1.54) is 10.6 Å². The maximum atomic E-state index is 12.9. The second-order valence-electron chi connectivity index (χ2n) is 8.03. The molecular weight excluding hydrogens is 368 g/mol. The molecule has 1 amide bonds. The van der Waals surface area contributed by atoms with E-state index in [4.69, 9.17) is 0 Å². The van der Waals surface area contributed by atoms with Crippen LogP contribution in [0.15, 0.2) is 18.2 Å². The molecule has 27 heavy (non-hydrogen) atoms. The Morgan fingerprint density at radius 1 is 1.19 bits per heavy atom. The predicted molar refractivity (Wildman–Crippen MR) is 100 cm³/mol. The number of piperidine rings is 1. The van der Waals surface area contributed by atoms with Gasteiger partial charge in [0.15, 0.2) is 0 Å². The highest BCUT2D eigenvalue weighted by Gasteiger charge is 2.59. The minimum absolute atomic E-state index is 0.0587. The van der Waals surface area contributed by atoms with Crippen LogP contribution in [0.3, 0.4) is 0 Å². The van der Waals surface area contributed by atoms with E-state index in [2.05, 4.69) is 0 Å². The van der Waals surface area contributed by atoms with E-state index in [1.54, 1.807) is 17.0 Å². The van der Waals surface area contributed by atoms with Crippen molar-refractivity contribution in [2.75, 3.05) is 30.2 Å². The second-order valence-corrected chi connectivity index (χ2v) is 9.94. The maximum Gasteiger partial charge on any atom is 0.307 e. The van der Waals surface area contributed by atoms with Gasteiger partial charge in [0.25, 0.3) is 5.91 Å². The molecule has 1 spiro atoms. The van der Waals surface area contributed by atoms with E-state index < -0.39 is 16.0 Å². The molecule has 1 atom stereocenters. The molecule has 0 aromatic heterocycles. The Morgan fingerprint density at radius 2 is 1.89 bits per heavy atom. The van der Waals surface area contributed by atoms with Crippen LogP contribution in [-0.4, -0.2) is 56.2 Å². The monoisotopic (exact) mass is 392 g/mol. The van der Waals surface area contributed by atoms with Crippen molar-refractivity contribution in [3.05, 3.63) is 29.3 Å². The fourth-order valence-electron chi connectivity index (χ4n) is 4.63. The summed E-state index contributed by atoms with van der Waals surface area (Å²) >= 11 is 0. The third kappa shape index (κ3) is 3.20. The van der Waals surface area contributed by atoms with Crippen LogP contribution < -0.4 is 4.31 Å². The van der Waals surface area contributed by atoms with Gasteiger partial charge >= 0.3 is 5.97 Å². The Bertz CT molecular complexity index is 903. The summed E-state index contributed by atoms with van der Waals surface area (Å²) in [5, 5.41) is 9.19. The molecule has 8 heteroatoms. The lowest BCUT2D eigenvalue weighted by molar-refractivity contribution is -0.139. The van der Waals surface area contributed by atoms with Crippen molar-refractivity contribution in [1.29, 1.82) is 0 Å². The summed E-state index contributed by atoms with van der Waals surface area (Å²) in [5.74, 6) is -1.03. The van der Waals surface area contributed by atoms with Gasteiger partial charge in [-0.15, -0.1) is 0 Å². The summed E-state index contributed by atoms with van der Waals surface area (Å²) in [4.78, 5) is 25.9. The Hall–Kier alpha value is -2.09. The number of rotatable bonds is 3. The molecule has 1 aromatic carbocycles. The van der Waals surface area contributed by atoms with Crippen LogP contribution in [0.2, 0.25) is 0 Å². The number of sulfonamides is 1. The lowest BCUT2D eigenvalue weighted by Crippen LogP contribution is -2.40. The highest BCUT2D eigenvalue weighted by Crippen LogP contribution is 2.59. The van der Waals surface area contributed by atoms with E-state index in [0.29, 0.717) is 30.9 Å². The average Bonchev–Trinajstić information content (AvgIpc) is 3.34. The highest BCUT2D eigenvalue weighted by molar-refractivity contribution is 7.92. The van der Waals surface area contributed by atoms with Gasteiger partial charge < -0.3 is 10.0 Å². The van der Waals surface area contributed by atoms with Gasteiger partial charge in [-0.25, -0.2) is 8.42 Å². The van der Waals surface area contributed by atoms with Gasteiger partial charge in [-0.3, -0.25) is 13.9 Å². The summed E-state index contributed by atoms with van der Waals surface area (Å²) in [6.07, 6.45) is 4.90. The molecule has 2 aliphatic heterocycles. The summed E-state index contributed by atoms with van der Waals surface area (Å²) in [5.41, 5.74) is 2.03. The number of fused-ring (bicyclic) bond motifs is 1. The molecule has 2 fully saturated rings. The van der Waals surface area contributed by atoms with Crippen LogP contribution in [0.1, 0.15) is 41.6 Å². The van der Waals surface area contributed by atoms with E-state index >= 15 is 0 Å². The molecule has 1 aromatic rings. The molecule has 0 bridgehead atoms. The number of carboxylic acids is 1. The molecule has 1 saturated carbocycles. The number of carbonyl (C=O) groups excluding carboxylic acids is 1. The van der Waals surface area contributed by atoms with Crippen LogP contribution in [0, 0.1) is 11.3 Å². The number of carboxylic acid groups (broad SMARTS) is 1. The number of benzene rings is 1. The second kappa shape index (κ2) is 6.22. The summed E-state index contributed by atoms with van der Waals surface area (Å²) in [6, 6.07) is 5.25. The van der Waals surface area contributed by atoms with Gasteiger partial charge in [-0.1, -0.05) is 0 Å². The zero-order valence-electron chi connectivity index (χ0n) is 15.3. The first kappa shape index (κ1) is 18.3. The molecule has 3 aliphatic rings. The van der Waals surface area contributed by atoms with Gasteiger partial charge in [0, 0.05) is 25.2 Å². The zero-order chi connectivity index (χ0) is 19.4. The minimum atomic E-state index is -3.32. The summed E-state index contributed by atoms with van der Waals surface area (Å²) in [7, 11) is -3.32. The lowest BCUT2D eigenvalue weighted by atomic mass is 9.90. The first-order valence-corrected chi connectivity index (χ1v) is 11.2. The number of likely N-dealkylation sites (tertiary alicyclic amines) is 1. The highest BCUT2D eigenvalue weighted by atomic mass is 32.2. The van der Waals surface area contributed by atoms with E-state index in [1.807, 2.05) is 6.07 Å². The third-order valence-corrected chi connectivity index (χ3v) is 7.52.